The molecule has 1 rings (SSSR count). The van der Waals surface area contributed by atoms with Crippen molar-refractivity contribution in [3.8, 4) is 0 Å². The molecule has 5 nitrogen and oxygen atoms in total. The fraction of sp³-hybridized carbons (Fsp3) is 0.650. The Morgan fingerprint density at radius 3 is 2.36 bits per heavy atom. The zero-order chi connectivity index (χ0) is 18.9. The van der Waals surface area contributed by atoms with Crippen molar-refractivity contribution < 1.29 is 14.6 Å². The van der Waals surface area contributed by atoms with Crippen molar-refractivity contribution in [3.05, 3.63) is 35.9 Å². The fourth-order valence-electron chi connectivity index (χ4n) is 2.45. The van der Waals surface area contributed by atoms with Crippen LogP contribution < -0.4 is 10.6 Å². The minimum Gasteiger partial charge on any atom is -0.444 e. The van der Waals surface area contributed by atoms with Gasteiger partial charge in [0, 0.05) is 6.54 Å². The second-order valence-corrected chi connectivity index (χ2v) is 7.90. The Kier molecular flexibility index (Phi) is 8.93. The van der Waals surface area contributed by atoms with Crippen molar-refractivity contribution in [1.82, 2.24) is 10.6 Å². The predicted octanol–water partition coefficient (Wildman–Crippen LogP) is 3.12. The second kappa shape index (κ2) is 10.4. The lowest BCUT2D eigenvalue weighted by Gasteiger charge is -2.27. The first-order valence-electron chi connectivity index (χ1n) is 9.09. The number of aliphatic hydroxyl groups is 1. The molecule has 0 heterocycles. The van der Waals surface area contributed by atoms with Gasteiger partial charge in [0.15, 0.2) is 0 Å². The molecule has 2 atom stereocenters. The third-order valence-corrected chi connectivity index (χ3v) is 3.66. The molecule has 0 aliphatic carbocycles. The SMILES string of the molecule is CC(C)CNC[C@@H](O)[C@H](CCc1ccccc1)NC(=O)OC(C)(C)C. The topological polar surface area (TPSA) is 70.6 Å². The lowest BCUT2D eigenvalue weighted by atomic mass is 10.0. The Morgan fingerprint density at radius 1 is 1.16 bits per heavy atom. The Morgan fingerprint density at radius 2 is 1.80 bits per heavy atom. The van der Waals surface area contributed by atoms with Crippen LogP contribution in [0.2, 0.25) is 0 Å². The molecule has 5 heteroatoms. The number of rotatable bonds is 9. The molecule has 1 amide bonds. The molecule has 0 spiro atoms. The molecule has 0 bridgehead atoms. The number of benzene rings is 1. The highest BCUT2D eigenvalue weighted by Gasteiger charge is 2.24. The van der Waals surface area contributed by atoms with Gasteiger partial charge in [0.05, 0.1) is 12.1 Å². The summed E-state index contributed by atoms with van der Waals surface area (Å²) in [6.07, 6.45) is 0.263. The first-order valence-corrected chi connectivity index (χ1v) is 9.09. The number of aryl methyl sites for hydroxylation is 1. The molecule has 0 saturated carbocycles. The van der Waals surface area contributed by atoms with Gasteiger partial charge in [-0.3, -0.25) is 0 Å². The maximum absolute atomic E-state index is 12.1. The molecular formula is C20H34N2O3. The van der Waals surface area contributed by atoms with E-state index in [9.17, 15) is 9.90 Å². The summed E-state index contributed by atoms with van der Waals surface area (Å²) in [5.41, 5.74) is 0.621. The van der Waals surface area contributed by atoms with Crippen LogP contribution in [0.5, 0.6) is 0 Å². The summed E-state index contributed by atoms with van der Waals surface area (Å²) in [5.74, 6) is 0.508. The summed E-state index contributed by atoms with van der Waals surface area (Å²) in [7, 11) is 0. The molecule has 0 aliphatic heterocycles. The van der Waals surface area contributed by atoms with E-state index >= 15 is 0 Å². The molecule has 0 unspecified atom stereocenters. The summed E-state index contributed by atoms with van der Waals surface area (Å²) in [5, 5.41) is 16.6. The van der Waals surface area contributed by atoms with E-state index in [1.54, 1.807) is 0 Å². The molecule has 0 saturated heterocycles. The van der Waals surface area contributed by atoms with Gasteiger partial charge in [0.1, 0.15) is 5.60 Å². The van der Waals surface area contributed by atoms with E-state index in [4.69, 9.17) is 4.74 Å². The van der Waals surface area contributed by atoms with E-state index in [0.29, 0.717) is 18.9 Å². The third kappa shape index (κ3) is 10.1. The van der Waals surface area contributed by atoms with Crippen LogP contribution in [0.25, 0.3) is 0 Å². The molecule has 0 aromatic heterocycles. The van der Waals surface area contributed by atoms with Crippen LogP contribution in [0.3, 0.4) is 0 Å². The molecule has 1 aromatic carbocycles. The van der Waals surface area contributed by atoms with E-state index in [2.05, 4.69) is 24.5 Å². The first kappa shape index (κ1) is 21.5. The number of carbonyl (C=O) groups is 1. The lowest BCUT2D eigenvalue weighted by Crippen LogP contribution is -2.49. The van der Waals surface area contributed by atoms with Crippen LogP contribution in [0, 0.1) is 5.92 Å². The van der Waals surface area contributed by atoms with Crippen LogP contribution in [0.15, 0.2) is 30.3 Å². The zero-order valence-corrected chi connectivity index (χ0v) is 16.2. The van der Waals surface area contributed by atoms with Crippen LogP contribution >= 0.6 is 0 Å². The van der Waals surface area contributed by atoms with Gasteiger partial charge in [-0.15, -0.1) is 0 Å². The van der Waals surface area contributed by atoms with Gasteiger partial charge in [-0.1, -0.05) is 44.2 Å². The van der Waals surface area contributed by atoms with Crippen molar-refractivity contribution in [1.29, 1.82) is 0 Å². The molecule has 0 radical (unpaired) electrons. The summed E-state index contributed by atoms with van der Waals surface area (Å²) in [6, 6.07) is 9.69. The number of carbonyl (C=O) groups excluding carboxylic acids is 1. The lowest BCUT2D eigenvalue weighted by molar-refractivity contribution is 0.0414. The summed E-state index contributed by atoms with van der Waals surface area (Å²) in [6.45, 7) is 11.0. The number of ether oxygens (including phenoxy) is 1. The van der Waals surface area contributed by atoms with Gasteiger partial charge in [0.25, 0.3) is 0 Å². The third-order valence-electron chi connectivity index (χ3n) is 3.66. The highest BCUT2D eigenvalue weighted by molar-refractivity contribution is 5.68. The Hall–Kier alpha value is -1.59. The average Bonchev–Trinajstić information content (AvgIpc) is 2.50. The van der Waals surface area contributed by atoms with E-state index in [1.165, 1.54) is 5.56 Å². The number of alkyl carbamates (subject to hydrolysis) is 1. The summed E-state index contributed by atoms with van der Waals surface area (Å²) >= 11 is 0. The van der Waals surface area contributed by atoms with Gasteiger partial charge < -0.3 is 20.5 Å². The summed E-state index contributed by atoms with van der Waals surface area (Å²) in [4.78, 5) is 12.1. The summed E-state index contributed by atoms with van der Waals surface area (Å²) < 4.78 is 5.33. The molecule has 0 aliphatic rings. The Labute approximate surface area is 152 Å². The van der Waals surface area contributed by atoms with Crippen molar-refractivity contribution in [3.63, 3.8) is 0 Å². The molecular weight excluding hydrogens is 316 g/mol. The van der Waals surface area contributed by atoms with Crippen LogP contribution in [0.4, 0.5) is 4.79 Å². The zero-order valence-electron chi connectivity index (χ0n) is 16.2. The van der Waals surface area contributed by atoms with E-state index in [1.807, 2.05) is 51.1 Å². The fourth-order valence-corrected chi connectivity index (χ4v) is 2.45. The van der Waals surface area contributed by atoms with E-state index in [0.717, 1.165) is 13.0 Å². The quantitative estimate of drug-likeness (QED) is 0.640. The van der Waals surface area contributed by atoms with Gasteiger partial charge >= 0.3 is 6.09 Å². The Bertz CT molecular complexity index is 497. The minimum atomic E-state index is -0.671. The van der Waals surface area contributed by atoms with E-state index in [-0.39, 0.29) is 6.04 Å². The predicted molar refractivity (Wildman–Crippen MR) is 102 cm³/mol. The van der Waals surface area contributed by atoms with Crippen molar-refractivity contribution in [2.45, 2.75) is 65.2 Å². The number of aliphatic hydroxyl groups excluding tert-OH is 1. The molecule has 3 N–H and O–H groups in total. The second-order valence-electron chi connectivity index (χ2n) is 7.90. The number of hydrogen-bond donors (Lipinski definition) is 3. The Balaban J connectivity index is 2.63. The van der Waals surface area contributed by atoms with Crippen LogP contribution in [-0.2, 0) is 11.2 Å². The maximum atomic E-state index is 12.1. The van der Waals surface area contributed by atoms with Crippen molar-refractivity contribution >= 4 is 6.09 Å². The standard InChI is InChI=1S/C20H34N2O3/c1-15(2)13-21-14-18(23)17(22-19(24)25-20(3,4)5)12-11-16-9-7-6-8-10-16/h6-10,15,17-18,21,23H,11-14H2,1-5H3,(H,22,24)/t17-,18+/m0/s1. The average molecular weight is 351 g/mol. The van der Waals surface area contributed by atoms with Crippen molar-refractivity contribution in [2.24, 2.45) is 5.92 Å². The maximum Gasteiger partial charge on any atom is 0.407 e. The highest BCUT2D eigenvalue weighted by Crippen LogP contribution is 2.11. The molecule has 142 valence electrons. The van der Waals surface area contributed by atoms with E-state index < -0.39 is 17.8 Å². The number of hydrogen-bond acceptors (Lipinski definition) is 4. The minimum absolute atomic E-state index is 0.366. The smallest absolute Gasteiger partial charge is 0.407 e. The number of amides is 1. The van der Waals surface area contributed by atoms with Crippen LogP contribution in [0.1, 0.15) is 46.6 Å². The van der Waals surface area contributed by atoms with Gasteiger partial charge in [-0.05, 0) is 51.6 Å². The largest absolute Gasteiger partial charge is 0.444 e. The molecule has 0 fully saturated rings. The van der Waals surface area contributed by atoms with Gasteiger partial charge in [-0.2, -0.15) is 0 Å². The molecule has 25 heavy (non-hydrogen) atoms. The van der Waals surface area contributed by atoms with Gasteiger partial charge in [0.2, 0.25) is 0 Å². The van der Waals surface area contributed by atoms with Gasteiger partial charge in [-0.25, -0.2) is 4.79 Å². The van der Waals surface area contributed by atoms with Crippen molar-refractivity contribution in [2.75, 3.05) is 13.1 Å². The highest BCUT2D eigenvalue weighted by atomic mass is 16.6. The number of nitrogens with one attached hydrogen (secondary N) is 2. The first-order chi connectivity index (χ1) is 11.7. The molecule has 1 aromatic rings. The van der Waals surface area contributed by atoms with Crippen LogP contribution in [-0.4, -0.2) is 42.0 Å². The monoisotopic (exact) mass is 350 g/mol. The normalized spacial score (nSPS) is 14.2.